The van der Waals surface area contributed by atoms with Crippen LogP contribution in [0.4, 0.5) is 5.69 Å². The van der Waals surface area contributed by atoms with Crippen molar-refractivity contribution in [3.63, 3.8) is 0 Å². The van der Waals surface area contributed by atoms with Gasteiger partial charge in [-0.15, -0.1) is 11.3 Å². The van der Waals surface area contributed by atoms with Gasteiger partial charge in [0.2, 0.25) is 0 Å². The number of aromatic nitrogens is 1. The van der Waals surface area contributed by atoms with Crippen LogP contribution in [0.1, 0.15) is 17.6 Å². The van der Waals surface area contributed by atoms with E-state index in [2.05, 4.69) is 54.5 Å². The van der Waals surface area contributed by atoms with Gasteiger partial charge in [-0.25, -0.2) is 4.98 Å². The molecular formula is C12H12Br2N2S. The van der Waals surface area contributed by atoms with E-state index in [1.54, 1.807) is 11.3 Å². The van der Waals surface area contributed by atoms with Gasteiger partial charge in [-0.05, 0) is 40.5 Å². The minimum Gasteiger partial charge on any atom is -0.378 e. The van der Waals surface area contributed by atoms with Crippen LogP contribution in [0.5, 0.6) is 0 Å². The van der Waals surface area contributed by atoms with E-state index in [1.165, 1.54) is 5.01 Å². The summed E-state index contributed by atoms with van der Waals surface area (Å²) in [7, 11) is 0. The van der Waals surface area contributed by atoms with Crippen LogP contribution in [0.25, 0.3) is 0 Å². The van der Waals surface area contributed by atoms with Gasteiger partial charge in [-0.1, -0.05) is 22.9 Å². The van der Waals surface area contributed by atoms with Crippen LogP contribution in [-0.4, -0.2) is 4.98 Å². The van der Waals surface area contributed by atoms with Gasteiger partial charge < -0.3 is 5.32 Å². The molecule has 0 amide bonds. The number of nitrogens with one attached hydrogen (secondary N) is 1. The molecule has 0 bridgehead atoms. The third kappa shape index (κ3) is 3.53. The Bertz CT molecular complexity index is 511. The zero-order valence-corrected chi connectivity index (χ0v) is 13.3. The molecule has 0 saturated heterocycles. The normalized spacial score (nSPS) is 10.5. The van der Waals surface area contributed by atoms with Crippen LogP contribution in [0.15, 0.2) is 32.5 Å². The fourth-order valence-electron chi connectivity index (χ4n) is 1.41. The van der Waals surface area contributed by atoms with Gasteiger partial charge in [0.1, 0.15) is 0 Å². The lowest BCUT2D eigenvalue weighted by molar-refractivity contribution is 1.01. The third-order valence-corrected chi connectivity index (χ3v) is 4.48. The lowest BCUT2D eigenvalue weighted by Gasteiger charge is -2.07. The topological polar surface area (TPSA) is 24.9 Å². The molecule has 5 heteroatoms. The van der Waals surface area contributed by atoms with Gasteiger partial charge in [0.05, 0.1) is 17.2 Å². The highest BCUT2D eigenvalue weighted by Crippen LogP contribution is 2.26. The molecule has 0 spiro atoms. The summed E-state index contributed by atoms with van der Waals surface area (Å²) in [5.41, 5.74) is 2.18. The molecule has 1 aromatic carbocycles. The van der Waals surface area contributed by atoms with E-state index < -0.39 is 0 Å². The molecule has 2 nitrogen and oxygen atoms in total. The lowest BCUT2D eigenvalue weighted by atomic mass is 10.3. The van der Waals surface area contributed by atoms with E-state index in [-0.39, 0.29) is 0 Å². The van der Waals surface area contributed by atoms with E-state index in [0.717, 1.165) is 33.3 Å². The summed E-state index contributed by atoms with van der Waals surface area (Å²) in [6.45, 7) is 2.89. The minimum absolute atomic E-state index is 0.761. The van der Waals surface area contributed by atoms with E-state index in [9.17, 15) is 0 Å². The quantitative estimate of drug-likeness (QED) is 0.826. The standard InChI is InChI=1S/C12H12Br2N2S/c1-2-12-16-9(7-17-12)6-15-11-4-3-8(13)5-10(11)14/h3-5,7,15H,2,6H2,1H3. The summed E-state index contributed by atoms with van der Waals surface area (Å²) >= 11 is 8.69. The van der Waals surface area contributed by atoms with Crippen molar-refractivity contribution < 1.29 is 0 Å². The average Bonchev–Trinajstić information content (AvgIpc) is 2.76. The maximum Gasteiger partial charge on any atom is 0.0926 e. The van der Waals surface area contributed by atoms with Crippen molar-refractivity contribution in [3.05, 3.63) is 43.2 Å². The molecule has 0 atom stereocenters. The molecule has 0 aliphatic rings. The monoisotopic (exact) mass is 374 g/mol. The SMILES string of the molecule is CCc1nc(CNc2ccc(Br)cc2Br)cs1. The zero-order chi connectivity index (χ0) is 12.3. The van der Waals surface area contributed by atoms with E-state index in [1.807, 2.05) is 18.2 Å². The third-order valence-electron chi connectivity index (χ3n) is 2.29. The lowest BCUT2D eigenvalue weighted by Crippen LogP contribution is -2.00. The molecule has 2 rings (SSSR count). The summed E-state index contributed by atoms with van der Waals surface area (Å²) in [6.07, 6.45) is 1.01. The van der Waals surface area contributed by atoms with Crippen molar-refractivity contribution in [2.24, 2.45) is 0 Å². The maximum atomic E-state index is 4.52. The maximum absolute atomic E-state index is 4.52. The van der Waals surface area contributed by atoms with Crippen LogP contribution in [0.2, 0.25) is 0 Å². The van der Waals surface area contributed by atoms with Crippen LogP contribution >= 0.6 is 43.2 Å². The van der Waals surface area contributed by atoms with Gasteiger partial charge in [-0.2, -0.15) is 0 Å². The summed E-state index contributed by atoms with van der Waals surface area (Å²) in [6, 6.07) is 6.09. The van der Waals surface area contributed by atoms with Gasteiger partial charge in [0.25, 0.3) is 0 Å². The molecule has 0 saturated carbocycles. The predicted octanol–water partition coefficient (Wildman–Crippen LogP) is 4.84. The Morgan fingerprint density at radius 3 is 2.82 bits per heavy atom. The first kappa shape index (κ1) is 13.1. The van der Waals surface area contributed by atoms with Gasteiger partial charge in [-0.3, -0.25) is 0 Å². The number of nitrogens with zero attached hydrogens (tertiary/aromatic N) is 1. The molecular weight excluding hydrogens is 364 g/mol. The summed E-state index contributed by atoms with van der Waals surface area (Å²) in [4.78, 5) is 4.52. The molecule has 0 fully saturated rings. The summed E-state index contributed by atoms with van der Waals surface area (Å²) in [5, 5.41) is 6.67. The Labute approximate surface area is 122 Å². The highest BCUT2D eigenvalue weighted by Gasteiger charge is 2.03. The smallest absolute Gasteiger partial charge is 0.0926 e. The first-order chi connectivity index (χ1) is 8.19. The number of rotatable bonds is 4. The number of hydrogen-bond acceptors (Lipinski definition) is 3. The van der Waals surface area contributed by atoms with Crippen LogP contribution in [0, 0.1) is 0 Å². The second-order valence-corrected chi connectivity index (χ2v) is 6.28. The number of thiazole rings is 1. The molecule has 2 aromatic rings. The first-order valence-corrected chi connectivity index (χ1v) is 7.78. The summed E-state index contributed by atoms with van der Waals surface area (Å²) in [5.74, 6) is 0. The van der Waals surface area contributed by atoms with Crippen molar-refractivity contribution in [1.82, 2.24) is 4.98 Å². The molecule has 0 aliphatic heterocycles. The number of aryl methyl sites for hydroxylation is 1. The van der Waals surface area contributed by atoms with Crippen LogP contribution in [0.3, 0.4) is 0 Å². The number of hydrogen-bond donors (Lipinski definition) is 1. The van der Waals surface area contributed by atoms with Crippen molar-refractivity contribution in [2.75, 3.05) is 5.32 Å². The highest BCUT2D eigenvalue weighted by atomic mass is 79.9. The second-order valence-electron chi connectivity index (χ2n) is 3.56. The number of benzene rings is 1. The Kier molecular flexibility index (Phi) is 4.59. The molecule has 0 unspecified atom stereocenters. The zero-order valence-electron chi connectivity index (χ0n) is 9.34. The Hall–Kier alpha value is -0.390. The molecule has 0 radical (unpaired) electrons. The van der Waals surface area contributed by atoms with Gasteiger partial charge in [0.15, 0.2) is 0 Å². The number of anilines is 1. The predicted molar refractivity (Wildman–Crippen MR) is 80.7 cm³/mol. The van der Waals surface area contributed by atoms with E-state index in [4.69, 9.17) is 0 Å². The average molecular weight is 376 g/mol. The molecule has 1 heterocycles. The fourth-order valence-corrected chi connectivity index (χ4v) is 3.34. The van der Waals surface area contributed by atoms with Crippen molar-refractivity contribution >= 4 is 48.9 Å². The Balaban J connectivity index is 2.02. The molecule has 1 aromatic heterocycles. The molecule has 90 valence electrons. The van der Waals surface area contributed by atoms with Crippen LogP contribution < -0.4 is 5.32 Å². The molecule has 1 N–H and O–H groups in total. The van der Waals surface area contributed by atoms with Crippen molar-refractivity contribution in [2.45, 2.75) is 19.9 Å². The van der Waals surface area contributed by atoms with Crippen LogP contribution in [-0.2, 0) is 13.0 Å². The van der Waals surface area contributed by atoms with Gasteiger partial charge in [0, 0.05) is 20.0 Å². The van der Waals surface area contributed by atoms with E-state index in [0.29, 0.717) is 0 Å². The minimum atomic E-state index is 0.761. The van der Waals surface area contributed by atoms with Crippen molar-refractivity contribution in [1.29, 1.82) is 0 Å². The highest BCUT2D eigenvalue weighted by molar-refractivity contribution is 9.11. The number of halogens is 2. The Morgan fingerprint density at radius 1 is 1.35 bits per heavy atom. The molecule has 17 heavy (non-hydrogen) atoms. The summed E-state index contributed by atoms with van der Waals surface area (Å²) < 4.78 is 2.12. The van der Waals surface area contributed by atoms with Gasteiger partial charge >= 0.3 is 0 Å². The molecule has 0 aliphatic carbocycles. The second kappa shape index (κ2) is 5.98. The van der Waals surface area contributed by atoms with E-state index >= 15 is 0 Å². The largest absolute Gasteiger partial charge is 0.378 e. The fraction of sp³-hybridized carbons (Fsp3) is 0.250. The Morgan fingerprint density at radius 2 is 2.18 bits per heavy atom. The first-order valence-electron chi connectivity index (χ1n) is 5.31. The van der Waals surface area contributed by atoms with Crippen molar-refractivity contribution in [3.8, 4) is 0 Å².